The van der Waals surface area contributed by atoms with Crippen LogP contribution in [0.4, 0.5) is 0 Å². The fraction of sp³-hybridized carbons (Fsp3) is 0.797. The molecule has 0 fully saturated rings. The molecule has 0 aromatic carbocycles. The molecule has 65 heavy (non-hydrogen) atoms. The maximum Gasteiger partial charge on any atom is 0.306 e. The smallest absolute Gasteiger partial charge is 0.306 e. The number of carbonyl (C=O) groups excluding carboxylic acids is 2. The molecule has 0 saturated heterocycles. The van der Waals surface area contributed by atoms with E-state index >= 15 is 0 Å². The van der Waals surface area contributed by atoms with Crippen molar-refractivity contribution in [3.05, 3.63) is 60.8 Å². The summed E-state index contributed by atoms with van der Waals surface area (Å²) >= 11 is 0. The van der Waals surface area contributed by atoms with Gasteiger partial charge in [-0.25, -0.2) is 0 Å². The number of hydrogen-bond donors (Lipinski definition) is 3. The molecule has 6 heteroatoms. The van der Waals surface area contributed by atoms with Gasteiger partial charge in [0, 0.05) is 6.42 Å². The lowest BCUT2D eigenvalue weighted by molar-refractivity contribution is -0.148. The van der Waals surface area contributed by atoms with Gasteiger partial charge >= 0.3 is 5.97 Å². The van der Waals surface area contributed by atoms with E-state index in [1.165, 1.54) is 167 Å². The molecule has 0 spiro atoms. The van der Waals surface area contributed by atoms with Crippen LogP contribution in [0.25, 0.3) is 0 Å². The number of nitrogens with one attached hydrogen (secondary N) is 1. The van der Waals surface area contributed by atoms with Crippen LogP contribution >= 0.6 is 0 Å². The summed E-state index contributed by atoms with van der Waals surface area (Å²) in [5, 5.41) is 23.8. The second kappa shape index (κ2) is 52.5. The molecule has 0 aromatic heterocycles. The molecule has 6 nitrogen and oxygen atoms in total. The molecule has 0 aliphatic carbocycles. The Labute approximate surface area is 403 Å². The molecule has 3 N–H and O–H groups in total. The largest absolute Gasteiger partial charge is 0.458 e. The van der Waals surface area contributed by atoms with Crippen LogP contribution in [0.3, 0.4) is 0 Å². The van der Waals surface area contributed by atoms with Gasteiger partial charge in [0.15, 0.2) is 0 Å². The zero-order valence-corrected chi connectivity index (χ0v) is 43.1. The first-order valence-corrected chi connectivity index (χ1v) is 28.0. The Hall–Kier alpha value is -2.44. The summed E-state index contributed by atoms with van der Waals surface area (Å²) in [4.78, 5) is 26.2. The van der Waals surface area contributed by atoms with Gasteiger partial charge < -0.3 is 20.3 Å². The summed E-state index contributed by atoms with van der Waals surface area (Å²) in [6, 6.07) is -0.742. The average molecular weight is 911 g/mol. The zero-order valence-electron chi connectivity index (χ0n) is 43.1. The van der Waals surface area contributed by atoms with Crippen LogP contribution < -0.4 is 5.32 Å². The fourth-order valence-electron chi connectivity index (χ4n) is 8.39. The van der Waals surface area contributed by atoms with E-state index in [4.69, 9.17) is 4.74 Å². The maximum absolute atomic E-state index is 13.2. The Morgan fingerprint density at radius 1 is 0.462 bits per heavy atom. The number of rotatable bonds is 50. The molecule has 0 aliphatic heterocycles. The van der Waals surface area contributed by atoms with Crippen molar-refractivity contribution >= 4 is 11.9 Å². The van der Waals surface area contributed by atoms with Crippen molar-refractivity contribution in [2.75, 3.05) is 6.61 Å². The van der Waals surface area contributed by atoms with Crippen molar-refractivity contribution in [2.24, 2.45) is 0 Å². The standard InChI is InChI=1S/C59H107NO5/c1-4-7-10-13-16-19-22-25-28-29-30-31-34-37-40-43-46-49-52-59(64)65-55(50-47-44-41-38-35-32-26-23-20-17-14-11-8-5-2)53-58(63)60-56(54-61)57(62)51-48-45-42-39-36-33-27-24-21-18-15-12-9-6-3/h8,11,17,20,26,32,38,41,47,50,55-57,61-62H,4-7,9-10,12-16,18-19,21-25,27-31,33-37,39-40,42-46,48-49,51-54H2,1-3H3,(H,60,63)/b11-8+,20-17+,32-26+,41-38+,50-47+. The molecule has 0 radical (unpaired) electrons. The summed E-state index contributed by atoms with van der Waals surface area (Å²) < 4.78 is 5.84. The number of esters is 1. The van der Waals surface area contributed by atoms with E-state index in [-0.39, 0.29) is 24.9 Å². The lowest BCUT2D eigenvalue weighted by atomic mass is 10.0. The topological polar surface area (TPSA) is 95.9 Å². The van der Waals surface area contributed by atoms with Crippen molar-refractivity contribution in [3.63, 3.8) is 0 Å². The summed E-state index contributed by atoms with van der Waals surface area (Å²) in [5.41, 5.74) is 0. The van der Waals surface area contributed by atoms with Crippen molar-refractivity contribution in [2.45, 2.75) is 296 Å². The number of allylic oxidation sites excluding steroid dienone is 9. The van der Waals surface area contributed by atoms with Crippen LogP contribution in [0.1, 0.15) is 278 Å². The van der Waals surface area contributed by atoms with Gasteiger partial charge in [-0.2, -0.15) is 0 Å². The minimum atomic E-state index is -0.819. The molecular formula is C59H107NO5. The summed E-state index contributed by atoms with van der Waals surface area (Å²) in [6.45, 7) is 6.36. The highest BCUT2D eigenvalue weighted by atomic mass is 16.5. The Bertz CT molecular complexity index is 1160. The predicted octanol–water partition coefficient (Wildman–Crippen LogP) is 17.2. The van der Waals surface area contributed by atoms with Crippen molar-refractivity contribution in [3.8, 4) is 0 Å². The van der Waals surface area contributed by atoms with Gasteiger partial charge in [0.25, 0.3) is 0 Å². The lowest BCUT2D eigenvalue weighted by Crippen LogP contribution is -2.46. The monoisotopic (exact) mass is 910 g/mol. The van der Waals surface area contributed by atoms with Crippen LogP contribution in [0.5, 0.6) is 0 Å². The minimum Gasteiger partial charge on any atom is -0.458 e. The maximum atomic E-state index is 13.2. The Balaban J connectivity index is 4.63. The quantitative estimate of drug-likeness (QED) is 0.0321. The van der Waals surface area contributed by atoms with Gasteiger partial charge in [-0.1, -0.05) is 275 Å². The van der Waals surface area contributed by atoms with Crippen LogP contribution in [0, 0.1) is 0 Å². The van der Waals surface area contributed by atoms with Gasteiger partial charge in [0.1, 0.15) is 6.10 Å². The second-order valence-electron chi connectivity index (χ2n) is 19.0. The summed E-state index contributed by atoms with van der Waals surface area (Å²) in [7, 11) is 0. The van der Waals surface area contributed by atoms with Crippen LogP contribution in [-0.4, -0.2) is 46.9 Å². The highest BCUT2D eigenvalue weighted by molar-refractivity contribution is 5.78. The number of aliphatic hydroxyl groups excluding tert-OH is 2. The third-order valence-electron chi connectivity index (χ3n) is 12.6. The molecule has 3 unspecified atom stereocenters. The Morgan fingerprint density at radius 3 is 1.17 bits per heavy atom. The highest BCUT2D eigenvalue weighted by Gasteiger charge is 2.23. The van der Waals surface area contributed by atoms with Crippen molar-refractivity contribution < 1.29 is 24.5 Å². The van der Waals surface area contributed by atoms with Crippen molar-refractivity contribution in [1.29, 1.82) is 0 Å². The van der Waals surface area contributed by atoms with Crippen molar-refractivity contribution in [1.82, 2.24) is 5.32 Å². The van der Waals surface area contributed by atoms with E-state index in [0.717, 1.165) is 64.2 Å². The normalized spacial score (nSPS) is 13.6. The highest BCUT2D eigenvalue weighted by Crippen LogP contribution is 2.17. The first-order chi connectivity index (χ1) is 32.0. The second-order valence-corrected chi connectivity index (χ2v) is 19.0. The molecule has 1 amide bonds. The molecule has 0 aliphatic rings. The van der Waals surface area contributed by atoms with E-state index in [1.54, 1.807) is 0 Å². The number of carbonyl (C=O) groups is 2. The van der Waals surface area contributed by atoms with Crippen LogP contribution in [0.15, 0.2) is 60.8 Å². The minimum absolute atomic E-state index is 0.0440. The van der Waals surface area contributed by atoms with Gasteiger partial charge in [0.05, 0.1) is 25.2 Å². The number of ether oxygens (including phenoxy) is 1. The van der Waals surface area contributed by atoms with E-state index in [2.05, 4.69) is 74.7 Å². The van der Waals surface area contributed by atoms with Gasteiger partial charge in [-0.05, 0) is 51.0 Å². The first kappa shape index (κ1) is 62.6. The molecule has 0 bridgehead atoms. The van der Waals surface area contributed by atoms with E-state index in [1.807, 2.05) is 12.2 Å². The van der Waals surface area contributed by atoms with Gasteiger partial charge in [-0.15, -0.1) is 0 Å². The third-order valence-corrected chi connectivity index (χ3v) is 12.6. The number of hydrogen-bond acceptors (Lipinski definition) is 5. The third kappa shape index (κ3) is 47.8. The number of amides is 1. The molecule has 378 valence electrons. The SMILES string of the molecule is CC/C=C/C/C=C/C/C=C/C/C=C/C/C=C/C(CC(=O)NC(CO)C(O)CCCCCCCCCCCCCCCC)OC(=O)CCCCCCCCCCCCCCCCCCCC. The van der Waals surface area contributed by atoms with E-state index in [0.29, 0.717) is 19.3 Å². The van der Waals surface area contributed by atoms with Crippen LogP contribution in [-0.2, 0) is 14.3 Å². The van der Waals surface area contributed by atoms with Gasteiger partial charge in [-0.3, -0.25) is 9.59 Å². The number of aliphatic hydroxyl groups is 2. The summed E-state index contributed by atoms with van der Waals surface area (Å²) in [5.74, 6) is -0.618. The molecule has 0 saturated carbocycles. The molecule has 3 atom stereocenters. The number of unbranched alkanes of at least 4 members (excludes halogenated alkanes) is 30. The van der Waals surface area contributed by atoms with Crippen LogP contribution in [0.2, 0.25) is 0 Å². The predicted molar refractivity (Wildman–Crippen MR) is 282 cm³/mol. The Morgan fingerprint density at radius 2 is 0.800 bits per heavy atom. The molecule has 0 aromatic rings. The summed E-state index contributed by atoms with van der Waals surface area (Å²) in [6.07, 6.45) is 66.1. The molecular weight excluding hydrogens is 803 g/mol. The zero-order chi connectivity index (χ0) is 47.4. The van der Waals surface area contributed by atoms with E-state index in [9.17, 15) is 19.8 Å². The lowest BCUT2D eigenvalue weighted by Gasteiger charge is -2.23. The van der Waals surface area contributed by atoms with E-state index < -0.39 is 18.2 Å². The molecule has 0 rings (SSSR count). The fourth-order valence-corrected chi connectivity index (χ4v) is 8.39. The van der Waals surface area contributed by atoms with Gasteiger partial charge in [0.2, 0.25) is 5.91 Å². The Kier molecular flexibility index (Phi) is 50.6. The first-order valence-electron chi connectivity index (χ1n) is 28.0. The molecule has 0 heterocycles. The average Bonchev–Trinajstić information content (AvgIpc) is 3.30.